The van der Waals surface area contributed by atoms with E-state index in [1.807, 2.05) is 17.0 Å². The molecule has 5 heteroatoms. The first-order chi connectivity index (χ1) is 11.1. The maximum atomic E-state index is 12.6. The molecule has 2 aliphatic heterocycles. The third-order valence-corrected chi connectivity index (χ3v) is 6.28. The Kier molecular flexibility index (Phi) is 5.59. The number of para-hydroxylation sites is 1. The summed E-state index contributed by atoms with van der Waals surface area (Å²) in [5, 5.41) is 0. The Morgan fingerprint density at radius 2 is 2.00 bits per heavy atom. The summed E-state index contributed by atoms with van der Waals surface area (Å²) in [5.74, 6) is 1.42. The molecule has 0 N–H and O–H groups in total. The van der Waals surface area contributed by atoms with Gasteiger partial charge in [-0.05, 0) is 43.2 Å². The lowest BCUT2D eigenvalue weighted by Crippen LogP contribution is -2.39. The van der Waals surface area contributed by atoms with E-state index in [4.69, 9.17) is 12.2 Å². The van der Waals surface area contributed by atoms with Crippen LogP contribution in [-0.2, 0) is 11.2 Å². The van der Waals surface area contributed by atoms with E-state index in [9.17, 15) is 4.79 Å². The summed E-state index contributed by atoms with van der Waals surface area (Å²) in [7, 11) is 0. The number of fused-ring (bicyclic) bond motifs is 1. The standard InChI is InChI=1S/C18H24N2OS2/c1-14-8-11-19(12-9-14)18(22)23-13-17(21)20-10-4-6-15-5-2-3-7-16(15)20/h2-3,5,7,14H,4,6,8-13H2,1H3. The third-order valence-electron chi connectivity index (χ3n) is 4.77. The Morgan fingerprint density at radius 3 is 2.78 bits per heavy atom. The number of hydrogen-bond acceptors (Lipinski definition) is 3. The Morgan fingerprint density at radius 1 is 1.26 bits per heavy atom. The minimum absolute atomic E-state index is 0.176. The Labute approximate surface area is 148 Å². The van der Waals surface area contributed by atoms with Gasteiger partial charge in [-0.2, -0.15) is 0 Å². The smallest absolute Gasteiger partial charge is 0.237 e. The van der Waals surface area contributed by atoms with Crippen molar-refractivity contribution < 1.29 is 4.79 Å². The number of aryl methyl sites for hydroxylation is 1. The van der Waals surface area contributed by atoms with Crippen molar-refractivity contribution >= 4 is 39.9 Å². The summed E-state index contributed by atoms with van der Waals surface area (Å²) < 4.78 is 0.885. The van der Waals surface area contributed by atoms with Crippen LogP contribution < -0.4 is 4.90 Å². The predicted molar refractivity (Wildman–Crippen MR) is 102 cm³/mol. The fraction of sp³-hybridized carbons (Fsp3) is 0.556. The van der Waals surface area contributed by atoms with Crippen molar-refractivity contribution in [1.29, 1.82) is 0 Å². The molecule has 0 radical (unpaired) electrons. The molecular formula is C18H24N2OS2. The lowest BCUT2D eigenvalue weighted by molar-refractivity contribution is -0.116. The second-order valence-electron chi connectivity index (χ2n) is 6.50. The number of rotatable bonds is 2. The lowest BCUT2D eigenvalue weighted by atomic mass is 10.00. The molecule has 0 aromatic heterocycles. The summed E-state index contributed by atoms with van der Waals surface area (Å²) in [5.41, 5.74) is 2.37. The molecule has 1 saturated heterocycles. The van der Waals surface area contributed by atoms with Crippen molar-refractivity contribution in [2.45, 2.75) is 32.6 Å². The molecule has 0 unspecified atom stereocenters. The van der Waals surface area contributed by atoms with E-state index >= 15 is 0 Å². The summed E-state index contributed by atoms with van der Waals surface area (Å²) in [6.07, 6.45) is 4.52. The van der Waals surface area contributed by atoms with Gasteiger partial charge < -0.3 is 9.80 Å². The van der Waals surface area contributed by atoms with Crippen molar-refractivity contribution in [3.05, 3.63) is 29.8 Å². The average molecular weight is 349 g/mol. The molecule has 23 heavy (non-hydrogen) atoms. The number of anilines is 1. The number of amides is 1. The normalized spacial score (nSPS) is 18.7. The second kappa shape index (κ2) is 7.67. The van der Waals surface area contributed by atoms with Crippen molar-refractivity contribution in [3.8, 4) is 0 Å². The van der Waals surface area contributed by atoms with Crippen LogP contribution in [0.4, 0.5) is 5.69 Å². The van der Waals surface area contributed by atoms with Crippen LogP contribution >= 0.6 is 24.0 Å². The van der Waals surface area contributed by atoms with E-state index in [0.29, 0.717) is 5.75 Å². The molecule has 0 aliphatic carbocycles. The van der Waals surface area contributed by atoms with E-state index in [1.165, 1.54) is 30.2 Å². The van der Waals surface area contributed by atoms with Gasteiger partial charge in [0.25, 0.3) is 0 Å². The molecule has 0 saturated carbocycles. The molecule has 124 valence electrons. The predicted octanol–water partition coefficient (Wildman–Crippen LogP) is 3.72. The van der Waals surface area contributed by atoms with Gasteiger partial charge in [0.05, 0.1) is 5.75 Å². The van der Waals surface area contributed by atoms with Gasteiger partial charge in [-0.15, -0.1) is 0 Å². The average Bonchev–Trinajstić information content (AvgIpc) is 2.59. The Bertz CT molecular complexity index is 582. The first-order valence-electron chi connectivity index (χ1n) is 8.45. The van der Waals surface area contributed by atoms with Crippen molar-refractivity contribution in [2.75, 3.05) is 30.3 Å². The molecule has 1 amide bonds. The lowest BCUT2D eigenvalue weighted by Gasteiger charge is -2.32. The summed E-state index contributed by atoms with van der Waals surface area (Å²) >= 11 is 7.06. The van der Waals surface area contributed by atoms with Crippen molar-refractivity contribution in [2.24, 2.45) is 5.92 Å². The molecule has 0 bridgehead atoms. The van der Waals surface area contributed by atoms with Crippen LogP contribution in [0.2, 0.25) is 0 Å². The fourth-order valence-electron chi connectivity index (χ4n) is 3.28. The zero-order chi connectivity index (χ0) is 16.2. The topological polar surface area (TPSA) is 23.6 Å². The fourth-order valence-corrected chi connectivity index (χ4v) is 4.40. The van der Waals surface area contributed by atoms with Gasteiger partial charge in [-0.1, -0.05) is 49.1 Å². The number of thiocarbonyl (C=S) groups is 1. The van der Waals surface area contributed by atoms with Crippen LogP contribution in [0.5, 0.6) is 0 Å². The largest absolute Gasteiger partial charge is 0.357 e. The molecule has 0 spiro atoms. The maximum Gasteiger partial charge on any atom is 0.237 e. The number of nitrogens with zero attached hydrogens (tertiary/aromatic N) is 2. The molecule has 1 aromatic carbocycles. The molecule has 0 atom stereocenters. The van der Waals surface area contributed by atoms with Gasteiger partial charge in [-0.25, -0.2) is 0 Å². The van der Waals surface area contributed by atoms with Gasteiger partial charge in [0, 0.05) is 25.3 Å². The maximum absolute atomic E-state index is 12.6. The van der Waals surface area contributed by atoms with Crippen molar-refractivity contribution in [1.82, 2.24) is 4.90 Å². The second-order valence-corrected chi connectivity index (χ2v) is 8.11. The van der Waals surface area contributed by atoms with E-state index in [0.717, 1.165) is 48.4 Å². The van der Waals surface area contributed by atoms with E-state index in [2.05, 4.69) is 24.0 Å². The molecule has 3 nitrogen and oxygen atoms in total. The molecule has 1 aromatic rings. The first-order valence-corrected chi connectivity index (χ1v) is 9.84. The number of piperidine rings is 1. The van der Waals surface area contributed by atoms with Gasteiger partial charge in [0.15, 0.2) is 0 Å². The van der Waals surface area contributed by atoms with Gasteiger partial charge >= 0.3 is 0 Å². The van der Waals surface area contributed by atoms with Crippen LogP contribution in [0.25, 0.3) is 0 Å². The highest BCUT2D eigenvalue weighted by Gasteiger charge is 2.24. The monoisotopic (exact) mass is 348 g/mol. The molecule has 2 heterocycles. The third kappa shape index (κ3) is 4.07. The highest BCUT2D eigenvalue weighted by Crippen LogP contribution is 2.28. The van der Waals surface area contributed by atoms with Crippen LogP contribution in [0, 0.1) is 5.92 Å². The van der Waals surface area contributed by atoms with Crippen LogP contribution in [0.3, 0.4) is 0 Å². The van der Waals surface area contributed by atoms with Gasteiger partial charge in [-0.3, -0.25) is 4.79 Å². The van der Waals surface area contributed by atoms with Crippen LogP contribution in [0.15, 0.2) is 24.3 Å². The number of carbonyl (C=O) groups excluding carboxylic acids is 1. The molecule has 2 aliphatic rings. The van der Waals surface area contributed by atoms with Crippen LogP contribution in [-0.4, -0.2) is 40.5 Å². The minimum Gasteiger partial charge on any atom is -0.357 e. The summed E-state index contributed by atoms with van der Waals surface area (Å²) in [4.78, 5) is 16.8. The highest BCUT2D eigenvalue weighted by atomic mass is 32.2. The van der Waals surface area contributed by atoms with E-state index in [1.54, 1.807) is 0 Å². The van der Waals surface area contributed by atoms with Gasteiger partial charge in [0.1, 0.15) is 4.32 Å². The minimum atomic E-state index is 0.176. The first kappa shape index (κ1) is 16.8. The Hall–Kier alpha value is -1.07. The quantitative estimate of drug-likeness (QED) is 0.760. The van der Waals surface area contributed by atoms with E-state index in [-0.39, 0.29) is 5.91 Å². The molecular weight excluding hydrogens is 324 g/mol. The Balaban J connectivity index is 1.55. The number of hydrogen-bond donors (Lipinski definition) is 0. The zero-order valence-electron chi connectivity index (χ0n) is 13.7. The SMILES string of the molecule is CC1CCN(C(=S)SCC(=O)N2CCCc3ccccc32)CC1. The summed E-state index contributed by atoms with van der Waals surface area (Å²) in [6.45, 7) is 5.19. The van der Waals surface area contributed by atoms with Crippen molar-refractivity contribution in [3.63, 3.8) is 0 Å². The van der Waals surface area contributed by atoms with Crippen LogP contribution in [0.1, 0.15) is 31.7 Å². The number of likely N-dealkylation sites (tertiary alicyclic amines) is 1. The number of thioether (sulfide) groups is 1. The number of carbonyl (C=O) groups is 1. The highest BCUT2D eigenvalue weighted by molar-refractivity contribution is 8.23. The molecule has 1 fully saturated rings. The number of benzene rings is 1. The van der Waals surface area contributed by atoms with E-state index < -0.39 is 0 Å². The molecule has 3 rings (SSSR count). The zero-order valence-corrected chi connectivity index (χ0v) is 15.3. The summed E-state index contributed by atoms with van der Waals surface area (Å²) in [6, 6.07) is 8.24. The van der Waals surface area contributed by atoms with Gasteiger partial charge in [0.2, 0.25) is 5.91 Å².